The van der Waals surface area contributed by atoms with Gasteiger partial charge in [0.25, 0.3) is 0 Å². The Morgan fingerprint density at radius 2 is 2.21 bits per heavy atom. The van der Waals surface area contributed by atoms with E-state index in [-0.39, 0.29) is 12.5 Å². The van der Waals surface area contributed by atoms with Crippen LogP contribution in [0.1, 0.15) is 26.3 Å². The van der Waals surface area contributed by atoms with E-state index in [0.29, 0.717) is 19.1 Å². The first-order valence-corrected chi connectivity index (χ1v) is 8.44. The fraction of sp³-hybridized carbons (Fsp3) is 0.500. The number of nitrogens with two attached hydrogens (primary N) is 1. The van der Waals surface area contributed by atoms with Crippen LogP contribution in [-0.2, 0) is 11.2 Å². The van der Waals surface area contributed by atoms with Gasteiger partial charge in [0.1, 0.15) is 25.0 Å². The number of carbonyl (C=O) groups excluding carboxylic acids is 1. The molecule has 0 aliphatic carbocycles. The van der Waals surface area contributed by atoms with Gasteiger partial charge in [0.2, 0.25) is 5.91 Å². The van der Waals surface area contributed by atoms with E-state index in [1.165, 1.54) is 6.92 Å². The first-order valence-electron chi connectivity index (χ1n) is 8.44. The highest BCUT2D eigenvalue weighted by molar-refractivity contribution is 5.84. The van der Waals surface area contributed by atoms with Gasteiger partial charge < -0.3 is 25.5 Å². The van der Waals surface area contributed by atoms with Crippen LogP contribution in [0.15, 0.2) is 24.4 Å². The second-order valence-corrected chi connectivity index (χ2v) is 6.43. The summed E-state index contributed by atoms with van der Waals surface area (Å²) in [5.74, 6) is 0.720. The highest BCUT2D eigenvalue weighted by Gasteiger charge is 2.10. The van der Waals surface area contributed by atoms with Crippen molar-refractivity contribution in [3.05, 3.63) is 30.0 Å². The summed E-state index contributed by atoms with van der Waals surface area (Å²) < 4.78 is 5.72. The van der Waals surface area contributed by atoms with Crippen LogP contribution in [-0.4, -0.2) is 47.8 Å². The number of nitrogens with one attached hydrogen (secondary N) is 2. The normalized spacial score (nSPS) is 12.5. The summed E-state index contributed by atoms with van der Waals surface area (Å²) in [6.07, 6.45) is 2.23. The second kappa shape index (κ2) is 8.70. The molecule has 0 spiro atoms. The Morgan fingerprint density at radius 1 is 1.42 bits per heavy atom. The van der Waals surface area contributed by atoms with Crippen LogP contribution in [0.5, 0.6) is 5.75 Å². The number of aliphatic hydroxyl groups is 1. The Kier molecular flexibility index (Phi) is 6.63. The van der Waals surface area contributed by atoms with Gasteiger partial charge in [0, 0.05) is 30.6 Å². The summed E-state index contributed by atoms with van der Waals surface area (Å²) in [5.41, 5.74) is 2.17. The highest BCUT2D eigenvalue weighted by atomic mass is 16.5. The summed E-state index contributed by atoms with van der Waals surface area (Å²) in [7, 11) is 0. The number of hydrogen-bond donors (Lipinski definition) is 4. The Hall–Kier alpha value is -2.05. The lowest BCUT2D eigenvalue weighted by Gasteiger charge is -2.13. The molecular formula is C18H28N3O3+. The summed E-state index contributed by atoms with van der Waals surface area (Å²) in [4.78, 5) is 14.2. The maximum absolute atomic E-state index is 11.0. The third-order valence-corrected chi connectivity index (χ3v) is 3.83. The van der Waals surface area contributed by atoms with Gasteiger partial charge in [-0.3, -0.25) is 4.79 Å². The molecule has 0 saturated carbocycles. The SMILES string of the molecule is CC(=O)NCCc1c[nH]c2ccc(OC[C@@H](O)C[NH2+]C(C)C)cc12. The number of aromatic nitrogens is 1. The van der Waals surface area contributed by atoms with Crippen LogP contribution in [0.2, 0.25) is 0 Å². The molecule has 0 radical (unpaired) electrons. The number of fused-ring (bicyclic) bond motifs is 1. The number of hydrogen-bond acceptors (Lipinski definition) is 3. The zero-order valence-corrected chi connectivity index (χ0v) is 14.6. The molecule has 0 unspecified atom stereocenters. The van der Waals surface area contributed by atoms with Gasteiger partial charge in [0.15, 0.2) is 0 Å². The summed E-state index contributed by atoms with van der Waals surface area (Å²) in [6.45, 7) is 7.22. The molecule has 1 heterocycles. The minimum absolute atomic E-state index is 0.0222. The van der Waals surface area contributed by atoms with Gasteiger partial charge in [-0.25, -0.2) is 0 Å². The predicted octanol–water partition coefficient (Wildman–Crippen LogP) is 0.558. The van der Waals surface area contributed by atoms with E-state index in [1.807, 2.05) is 24.4 Å². The fourth-order valence-electron chi connectivity index (χ4n) is 2.52. The van der Waals surface area contributed by atoms with Crippen LogP contribution >= 0.6 is 0 Å². The van der Waals surface area contributed by atoms with Crippen LogP contribution < -0.4 is 15.4 Å². The van der Waals surface area contributed by atoms with Crippen LogP contribution in [0, 0.1) is 0 Å². The summed E-state index contributed by atoms with van der Waals surface area (Å²) >= 11 is 0. The molecule has 0 bridgehead atoms. The maximum Gasteiger partial charge on any atom is 0.216 e. The highest BCUT2D eigenvalue weighted by Crippen LogP contribution is 2.24. The number of quaternary nitrogens is 1. The molecule has 1 aromatic heterocycles. The lowest BCUT2D eigenvalue weighted by molar-refractivity contribution is -0.688. The number of H-pyrrole nitrogens is 1. The molecule has 1 amide bonds. The van der Waals surface area contributed by atoms with Crippen molar-refractivity contribution in [3.8, 4) is 5.75 Å². The van der Waals surface area contributed by atoms with E-state index < -0.39 is 6.10 Å². The van der Waals surface area contributed by atoms with Crippen molar-refractivity contribution < 1.29 is 20.0 Å². The second-order valence-electron chi connectivity index (χ2n) is 6.43. The minimum Gasteiger partial charge on any atom is -0.491 e. The van der Waals surface area contributed by atoms with Gasteiger partial charge >= 0.3 is 0 Å². The smallest absolute Gasteiger partial charge is 0.216 e. The topological polar surface area (TPSA) is 91.0 Å². The first-order chi connectivity index (χ1) is 11.5. The fourth-order valence-corrected chi connectivity index (χ4v) is 2.52. The zero-order chi connectivity index (χ0) is 17.5. The zero-order valence-electron chi connectivity index (χ0n) is 14.6. The maximum atomic E-state index is 11.0. The molecule has 1 atom stereocenters. The van der Waals surface area contributed by atoms with Crippen molar-refractivity contribution in [2.24, 2.45) is 0 Å². The average Bonchev–Trinajstić information content (AvgIpc) is 2.93. The molecule has 24 heavy (non-hydrogen) atoms. The number of rotatable bonds is 9. The Morgan fingerprint density at radius 3 is 2.92 bits per heavy atom. The molecule has 0 saturated heterocycles. The van der Waals surface area contributed by atoms with Gasteiger partial charge in [-0.2, -0.15) is 0 Å². The monoisotopic (exact) mass is 334 g/mol. The molecule has 0 aliphatic heterocycles. The third-order valence-electron chi connectivity index (χ3n) is 3.83. The van der Waals surface area contributed by atoms with Gasteiger partial charge in [-0.1, -0.05) is 0 Å². The molecule has 132 valence electrons. The van der Waals surface area contributed by atoms with Crippen molar-refractivity contribution in [1.29, 1.82) is 0 Å². The van der Waals surface area contributed by atoms with Crippen molar-refractivity contribution >= 4 is 16.8 Å². The number of carbonyl (C=O) groups is 1. The van der Waals surface area contributed by atoms with Crippen LogP contribution in [0.3, 0.4) is 0 Å². The average molecular weight is 334 g/mol. The van der Waals surface area contributed by atoms with Crippen LogP contribution in [0.25, 0.3) is 10.9 Å². The van der Waals surface area contributed by atoms with Gasteiger partial charge in [-0.05, 0) is 44.0 Å². The van der Waals surface area contributed by atoms with E-state index in [0.717, 1.165) is 28.6 Å². The van der Waals surface area contributed by atoms with E-state index in [1.54, 1.807) is 0 Å². The van der Waals surface area contributed by atoms with Crippen molar-refractivity contribution in [2.75, 3.05) is 19.7 Å². The lowest BCUT2D eigenvalue weighted by atomic mass is 10.1. The largest absolute Gasteiger partial charge is 0.491 e. The minimum atomic E-state index is -0.492. The number of ether oxygens (including phenoxy) is 1. The Balaban J connectivity index is 1.95. The number of aromatic amines is 1. The molecule has 1 aromatic carbocycles. The molecular weight excluding hydrogens is 306 g/mol. The molecule has 6 heteroatoms. The molecule has 2 aromatic rings. The third kappa shape index (κ3) is 5.54. The van der Waals surface area contributed by atoms with E-state index >= 15 is 0 Å². The van der Waals surface area contributed by atoms with Crippen molar-refractivity contribution in [2.45, 2.75) is 39.3 Å². The Bertz CT molecular complexity index is 667. The summed E-state index contributed by atoms with van der Waals surface area (Å²) in [5, 5.41) is 15.9. The molecule has 0 fully saturated rings. The number of amides is 1. The predicted molar refractivity (Wildman–Crippen MR) is 94.1 cm³/mol. The van der Waals surface area contributed by atoms with Crippen molar-refractivity contribution in [3.63, 3.8) is 0 Å². The number of benzene rings is 1. The first kappa shape index (κ1) is 18.3. The standard InChI is InChI=1S/C18H27N3O3/c1-12(2)20-10-15(23)11-24-16-4-5-18-17(8-16)14(9-21-18)6-7-19-13(3)22/h4-5,8-9,12,15,20-21,23H,6-7,10-11H2,1-3H3,(H,19,22)/p+1/t15-/m0/s1. The van der Waals surface area contributed by atoms with E-state index in [4.69, 9.17) is 4.74 Å². The molecule has 5 N–H and O–H groups in total. The lowest BCUT2D eigenvalue weighted by Crippen LogP contribution is -2.90. The number of aliphatic hydroxyl groups excluding tert-OH is 1. The quantitative estimate of drug-likeness (QED) is 0.540. The van der Waals surface area contributed by atoms with Crippen molar-refractivity contribution in [1.82, 2.24) is 10.3 Å². The molecule has 2 rings (SSSR count). The molecule has 0 aliphatic rings. The van der Waals surface area contributed by atoms with Crippen LogP contribution in [0.4, 0.5) is 0 Å². The van der Waals surface area contributed by atoms with E-state index in [9.17, 15) is 9.90 Å². The van der Waals surface area contributed by atoms with E-state index in [2.05, 4.69) is 29.5 Å². The summed E-state index contributed by atoms with van der Waals surface area (Å²) in [6, 6.07) is 6.31. The van der Waals surface area contributed by atoms with Gasteiger partial charge in [0.05, 0.1) is 6.04 Å². The Labute approximate surface area is 142 Å². The van der Waals surface area contributed by atoms with Gasteiger partial charge in [-0.15, -0.1) is 0 Å². The molecule has 6 nitrogen and oxygen atoms in total.